The maximum atomic E-state index is 12.3. The first-order valence-electron chi connectivity index (χ1n) is 6.40. The lowest BCUT2D eigenvalue weighted by Crippen LogP contribution is -2.48. The average molecular weight is 256 g/mol. The van der Waals surface area contributed by atoms with Gasteiger partial charge < -0.3 is 10.2 Å². The van der Waals surface area contributed by atoms with Gasteiger partial charge in [0.2, 0.25) is 11.8 Å². The summed E-state index contributed by atoms with van der Waals surface area (Å²) in [6, 6.07) is -0.243. The highest BCUT2D eigenvalue weighted by molar-refractivity contribution is 7.99. The number of hydrogen-bond donors (Lipinski definition) is 1. The molecular formula is C12H20N2O2S. The molecule has 2 aliphatic rings. The zero-order chi connectivity index (χ0) is 12.3. The predicted molar refractivity (Wildman–Crippen MR) is 68.6 cm³/mol. The molecule has 0 bridgehead atoms. The van der Waals surface area contributed by atoms with Crippen molar-refractivity contribution in [1.82, 2.24) is 10.2 Å². The molecule has 1 aliphatic heterocycles. The van der Waals surface area contributed by atoms with Crippen LogP contribution in [-0.2, 0) is 9.59 Å². The molecule has 1 N–H and O–H groups in total. The number of rotatable bonds is 3. The fourth-order valence-electron chi connectivity index (χ4n) is 2.58. The number of hydrogen-bond acceptors (Lipinski definition) is 3. The highest BCUT2D eigenvalue weighted by atomic mass is 32.2. The van der Waals surface area contributed by atoms with Crippen LogP contribution in [0.3, 0.4) is 0 Å². The topological polar surface area (TPSA) is 49.4 Å². The second-order valence-electron chi connectivity index (χ2n) is 4.70. The molecule has 0 radical (unpaired) electrons. The third-order valence-corrected chi connectivity index (χ3v) is 4.54. The molecule has 2 rings (SSSR count). The van der Waals surface area contributed by atoms with Crippen LogP contribution in [0.1, 0.15) is 32.6 Å². The molecule has 17 heavy (non-hydrogen) atoms. The zero-order valence-electron chi connectivity index (χ0n) is 10.3. The minimum atomic E-state index is -0.243. The summed E-state index contributed by atoms with van der Waals surface area (Å²) in [5, 5.41) is 2.82. The van der Waals surface area contributed by atoms with E-state index in [1.807, 2.05) is 6.92 Å². The van der Waals surface area contributed by atoms with E-state index >= 15 is 0 Å². The number of carbonyl (C=O) groups is 2. The number of likely N-dealkylation sites (N-methyl/N-ethyl adjacent to an activating group) is 1. The number of carbonyl (C=O) groups excluding carboxylic acids is 2. The molecule has 5 heteroatoms. The van der Waals surface area contributed by atoms with Gasteiger partial charge in [-0.3, -0.25) is 9.59 Å². The van der Waals surface area contributed by atoms with E-state index in [2.05, 4.69) is 5.32 Å². The molecular weight excluding hydrogens is 236 g/mol. The van der Waals surface area contributed by atoms with Gasteiger partial charge in [0.25, 0.3) is 0 Å². The Morgan fingerprint density at radius 3 is 2.71 bits per heavy atom. The Kier molecular flexibility index (Phi) is 4.31. The molecule has 0 unspecified atom stereocenters. The first-order valence-corrected chi connectivity index (χ1v) is 7.55. The van der Waals surface area contributed by atoms with Crippen molar-refractivity contribution in [3.05, 3.63) is 0 Å². The number of nitrogens with one attached hydrogen (secondary N) is 1. The summed E-state index contributed by atoms with van der Waals surface area (Å²) < 4.78 is 0. The van der Waals surface area contributed by atoms with Gasteiger partial charge >= 0.3 is 0 Å². The lowest BCUT2D eigenvalue weighted by atomic mass is 10.1. The van der Waals surface area contributed by atoms with Crippen molar-refractivity contribution >= 4 is 23.6 Å². The summed E-state index contributed by atoms with van der Waals surface area (Å²) in [5.74, 6) is 1.79. The lowest BCUT2D eigenvalue weighted by molar-refractivity contribution is -0.141. The van der Waals surface area contributed by atoms with E-state index in [-0.39, 0.29) is 23.8 Å². The summed E-state index contributed by atoms with van der Waals surface area (Å²) in [4.78, 5) is 25.9. The molecule has 4 nitrogen and oxygen atoms in total. The monoisotopic (exact) mass is 256 g/mol. The van der Waals surface area contributed by atoms with Crippen LogP contribution < -0.4 is 5.32 Å². The van der Waals surface area contributed by atoms with Crippen molar-refractivity contribution in [2.45, 2.75) is 38.6 Å². The third kappa shape index (κ3) is 2.76. The van der Waals surface area contributed by atoms with Crippen LogP contribution in [0.4, 0.5) is 0 Å². The summed E-state index contributed by atoms with van der Waals surface area (Å²) in [6.07, 6.45) is 4.32. The highest BCUT2D eigenvalue weighted by Crippen LogP contribution is 2.30. The quantitative estimate of drug-likeness (QED) is 0.826. The minimum Gasteiger partial charge on any atom is -0.355 e. The number of nitrogens with zero attached hydrogens (tertiary/aromatic N) is 1. The van der Waals surface area contributed by atoms with Crippen LogP contribution in [0.5, 0.6) is 0 Å². The van der Waals surface area contributed by atoms with E-state index in [0.717, 1.165) is 31.4 Å². The zero-order valence-corrected chi connectivity index (χ0v) is 11.1. The Labute approximate surface area is 106 Å². The van der Waals surface area contributed by atoms with Crippen LogP contribution in [-0.4, -0.2) is 40.9 Å². The van der Waals surface area contributed by atoms with Crippen LogP contribution in [0.2, 0.25) is 0 Å². The molecule has 0 aromatic carbocycles. The van der Waals surface area contributed by atoms with Gasteiger partial charge in [0.05, 0.1) is 5.88 Å². The van der Waals surface area contributed by atoms with Crippen LogP contribution >= 0.6 is 11.8 Å². The fraction of sp³-hybridized carbons (Fsp3) is 0.833. The molecule has 1 heterocycles. The van der Waals surface area contributed by atoms with Crippen molar-refractivity contribution in [3.8, 4) is 0 Å². The van der Waals surface area contributed by atoms with Gasteiger partial charge in [-0.1, -0.05) is 12.8 Å². The van der Waals surface area contributed by atoms with E-state index in [1.165, 1.54) is 0 Å². The average Bonchev–Trinajstić information content (AvgIpc) is 3.00. The van der Waals surface area contributed by atoms with Gasteiger partial charge in [0, 0.05) is 18.2 Å². The van der Waals surface area contributed by atoms with Gasteiger partial charge in [-0.25, -0.2) is 0 Å². The van der Waals surface area contributed by atoms with E-state index < -0.39 is 0 Å². The van der Waals surface area contributed by atoms with E-state index in [4.69, 9.17) is 0 Å². The van der Waals surface area contributed by atoms with Crippen molar-refractivity contribution in [1.29, 1.82) is 0 Å². The Morgan fingerprint density at radius 2 is 2.06 bits per heavy atom. The second kappa shape index (κ2) is 5.76. The Balaban J connectivity index is 1.98. The largest absolute Gasteiger partial charge is 0.355 e. The highest BCUT2D eigenvalue weighted by Gasteiger charge is 2.37. The van der Waals surface area contributed by atoms with Crippen LogP contribution in [0.25, 0.3) is 0 Å². The molecule has 2 amide bonds. The Hall–Kier alpha value is -0.710. The SMILES string of the molecule is CCNC(=O)[C@@H]1CSCN1C(=O)C1CCCC1. The maximum absolute atomic E-state index is 12.3. The molecule has 1 saturated carbocycles. The second-order valence-corrected chi connectivity index (χ2v) is 5.70. The summed E-state index contributed by atoms with van der Waals surface area (Å²) in [5.41, 5.74) is 0. The number of thioether (sulfide) groups is 1. The fourth-order valence-corrected chi connectivity index (χ4v) is 3.74. The molecule has 1 aliphatic carbocycles. The van der Waals surface area contributed by atoms with Gasteiger partial charge in [-0.05, 0) is 19.8 Å². The van der Waals surface area contributed by atoms with E-state index in [0.29, 0.717) is 12.4 Å². The van der Waals surface area contributed by atoms with Gasteiger partial charge in [0.1, 0.15) is 6.04 Å². The molecule has 2 fully saturated rings. The first kappa shape index (κ1) is 12.7. The summed E-state index contributed by atoms with van der Waals surface area (Å²) >= 11 is 1.68. The summed E-state index contributed by atoms with van der Waals surface area (Å²) in [7, 11) is 0. The molecule has 1 saturated heterocycles. The smallest absolute Gasteiger partial charge is 0.243 e. The summed E-state index contributed by atoms with van der Waals surface area (Å²) in [6.45, 7) is 2.54. The van der Waals surface area contributed by atoms with E-state index in [9.17, 15) is 9.59 Å². The molecule has 1 atom stereocenters. The predicted octanol–water partition coefficient (Wildman–Crippen LogP) is 1.21. The van der Waals surface area contributed by atoms with Crippen LogP contribution in [0, 0.1) is 5.92 Å². The maximum Gasteiger partial charge on any atom is 0.243 e. The third-order valence-electron chi connectivity index (χ3n) is 3.52. The Morgan fingerprint density at radius 1 is 1.35 bits per heavy atom. The minimum absolute atomic E-state index is 0.00356. The van der Waals surface area contributed by atoms with Crippen molar-refractivity contribution in [3.63, 3.8) is 0 Å². The van der Waals surface area contributed by atoms with Crippen LogP contribution in [0.15, 0.2) is 0 Å². The normalized spacial score (nSPS) is 25.2. The lowest BCUT2D eigenvalue weighted by Gasteiger charge is -2.25. The van der Waals surface area contributed by atoms with Gasteiger partial charge in [0.15, 0.2) is 0 Å². The standard InChI is InChI=1S/C12H20N2O2S/c1-2-13-11(15)10-7-17-8-14(10)12(16)9-5-3-4-6-9/h9-10H,2-8H2,1H3,(H,13,15)/t10-/m0/s1. The van der Waals surface area contributed by atoms with E-state index in [1.54, 1.807) is 16.7 Å². The number of amides is 2. The van der Waals surface area contributed by atoms with Crippen molar-refractivity contribution < 1.29 is 9.59 Å². The molecule has 0 spiro atoms. The van der Waals surface area contributed by atoms with Gasteiger partial charge in [-0.2, -0.15) is 0 Å². The molecule has 0 aromatic heterocycles. The first-order chi connectivity index (χ1) is 8.24. The van der Waals surface area contributed by atoms with Crippen molar-refractivity contribution in [2.24, 2.45) is 5.92 Å². The molecule has 96 valence electrons. The Bertz CT molecular complexity index is 303. The molecule has 0 aromatic rings. The van der Waals surface area contributed by atoms with Crippen molar-refractivity contribution in [2.75, 3.05) is 18.2 Å². The van der Waals surface area contributed by atoms with Gasteiger partial charge in [-0.15, -0.1) is 11.8 Å².